The number of alkyl halides is 1. The minimum atomic E-state index is -4.92. The molecule has 0 aliphatic carbocycles. The van der Waals surface area contributed by atoms with Gasteiger partial charge in [0.15, 0.2) is 22.0 Å². The molecule has 2 atom stereocenters. The Labute approximate surface area is 216 Å². The van der Waals surface area contributed by atoms with Crippen LogP contribution in [0.2, 0.25) is 0 Å². The number of halogens is 1. The second-order valence-corrected chi connectivity index (χ2v) is 8.91. The molecule has 0 saturated carbocycles. The maximum atomic E-state index is 11.8. The van der Waals surface area contributed by atoms with E-state index >= 15 is 0 Å². The van der Waals surface area contributed by atoms with E-state index in [1.165, 1.54) is 4.72 Å². The van der Waals surface area contributed by atoms with Crippen molar-refractivity contribution < 1.29 is 66.5 Å². The largest absolute Gasteiger partial charge is 1.00 e. The molecular weight excluding hydrogens is 523 g/mol. The number of hydrogen-bond donors (Lipinski definition) is 4. The number of oxime groups is 1. The molecule has 14 nitrogen and oxygen atoms in total. The fraction of sp³-hybridized carbons (Fsp3) is 0.385. The first-order chi connectivity index (χ1) is 14.6. The SMILES string of the molecule is O=C(C=NOCc1csc(NC(=O)CCl)n1)N[C@@H]1C(=O)N[C@H]1SCC(=O)NS(=O)(=O)[O-].[Na+]. The summed E-state index contributed by atoms with van der Waals surface area (Å²) < 4.78 is 32.5. The summed E-state index contributed by atoms with van der Waals surface area (Å²) in [6.45, 7) is -0.0862. The van der Waals surface area contributed by atoms with Crippen LogP contribution in [-0.4, -0.2) is 70.8 Å². The van der Waals surface area contributed by atoms with E-state index in [4.69, 9.17) is 16.4 Å². The number of thiazole rings is 1. The van der Waals surface area contributed by atoms with Crippen LogP contribution < -0.4 is 50.2 Å². The molecule has 1 aliphatic rings. The summed E-state index contributed by atoms with van der Waals surface area (Å²) in [6.07, 6.45) is 0.784. The molecule has 32 heavy (non-hydrogen) atoms. The summed E-state index contributed by atoms with van der Waals surface area (Å²) >= 11 is 7.33. The van der Waals surface area contributed by atoms with Crippen molar-refractivity contribution >= 4 is 80.0 Å². The predicted molar refractivity (Wildman–Crippen MR) is 109 cm³/mol. The Morgan fingerprint density at radius 2 is 2.12 bits per heavy atom. The first-order valence-electron chi connectivity index (χ1n) is 8.02. The van der Waals surface area contributed by atoms with E-state index in [0.717, 1.165) is 29.3 Å². The van der Waals surface area contributed by atoms with E-state index in [-0.39, 0.29) is 42.0 Å². The molecular formula is C13H14ClN6NaO8S3. The Balaban J connectivity index is 0.00000512. The zero-order chi connectivity index (χ0) is 23.0. The number of carbonyl (C=O) groups is 4. The van der Waals surface area contributed by atoms with Crippen molar-refractivity contribution in [2.45, 2.75) is 18.0 Å². The van der Waals surface area contributed by atoms with E-state index in [2.05, 4.69) is 26.1 Å². The van der Waals surface area contributed by atoms with Gasteiger partial charge in [0.2, 0.25) is 17.7 Å². The van der Waals surface area contributed by atoms with Crippen LogP contribution in [0.3, 0.4) is 0 Å². The standard InChI is InChI=1S/C13H15ClN6O8S3.Na/c14-1-7(21)18-13-16-6(4-30-13)3-28-15-2-8(22)17-10-11(24)19-12(10)29-5-9(23)20-31(25,26)27;/h2,4,10,12H,1,3,5H2,(H,17,22)(H,19,24)(H,20,23)(H,16,18,21)(H,25,26,27);/q;+1/p-1/t10-,12+;/m1./s1. The molecule has 4 amide bonds. The van der Waals surface area contributed by atoms with E-state index in [1.54, 1.807) is 5.38 Å². The average Bonchev–Trinajstić information content (AvgIpc) is 3.12. The van der Waals surface area contributed by atoms with Crippen molar-refractivity contribution in [3.63, 3.8) is 0 Å². The second-order valence-electron chi connectivity index (χ2n) is 5.54. The quantitative estimate of drug-likeness (QED) is 0.0529. The van der Waals surface area contributed by atoms with Gasteiger partial charge >= 0.3 is 29.6 Å². The van der Waals surface area contributed by atoms with Gasteiger partial charge in [0.25, 0.3) is 5.91 Å². The van der Waals surface area contributed by atoms with Crippen LogP contribution in [-0.2, 0) is 40.9 Å². The van der Waals surface area contributed by atoms with Crippen molar-refractivity contribution in [2.24, 2.45) is 5.16 Å². The smallest absolute Gasteiger partial charge is 0.731 e. The molecule has 1 saturated heterocycles. The maximum Gasteiger partial charge on any atom is 1.00 e. The summed E-state index contributed by atoms with van der Waals surface area (Å²) in [7, 11) is -4.92. The number of rotatable bonds is 11. The minimum Gasteiger partial charge on any atom is -0.731 e. The molecule has 1 aliphatic heterocycles. The molecule has 0 spiro atoms. The van der Waals surface area contributed by atoms with Crippen molar-refractivity contribution in [1.82, 2.24) is 20.3 Å². The summed E-state index contributed by atoms with van der Waals surface area (Å²) in [6, 6.07) is -0.993. The summed E-state index contributed by atoms with van der Waals surface area (Å²) in [5.41, 5.74) is 0.445. The number of amides is 4. The van der Waals surface area contributed by atoms with Crippen molar-refractivity contribution in [2.75, 3.05) is 16.9 Å². The van der Waals surface area contributed by atoms with Crippen LogP contribution in [0.5, 0.6) is 0 Å². The van der Waals surface area contributed by atoms with Crippen molar-refractivity contribution in [1.29, 1.82) is 0 Å². The predicted octanol–water partition coefficient (Wildman–Crippen LogP) is -4.92. The molecule has 4 N–H and O–H groups in total. The van der Waals surface area contributed by atoms with Gasteiger partial charge in [-0.2, -0.15) is 0 Å². The van der Waals surface area contributed by atoms with Crippen molar-refractivity contribution in [3.8, 4) is 0 Å². The number of anilines is 1. The van der Waals surface area contributed by atoms with Gasteiger partial charge in [-0.15, -0.1) is 34.7 Å². The van der Waals surface area contributed by atoms with Gasteiger partial charge in [-0.3, -0.25) is 23.9 Å². The van der Waals surface area contributed by atoms with Crippen LogP contribution in [0.15, 0.2) is 10.5 Å². The molecule has 0 aromatic carbocycles. The Morgan fingerprint density at radius 1 is 1.41 bits per heavy atom. The maximum absolute atomic E-state index is 11.8. The number of nitrogens with one attached hydrogen (secondary N) is 4. The second kappa shape index (κ2) is 13.3. The van der Waals surface area contributed by atoms with Crippen LogP contribution in [0, 0.1) is 0 Å². The normalized spacial score (nSPS) is 17.5. The number of thioether (sulfide) groups is 1. The summed E-state index contributed by atoms with van der Waals surface area (Å²) in [5, 5.41) is 11.9. The molecule has 0 bridgehead atoms. The monoisotopic (exact) mass is 536 g/mol. The number of β-lactam (4-membered cyclic amide) rings is 1. The Morgan fingerprint density at radius 3 is 2.75 bits per heavy atom. The summed E-state index contributed by atoms with van der Waals surface area (Å²) in [5.74, 6) is -3.40. The van der Waals surface area contributed by atoms with Gasteiger partial charge in [0, 0.05) is 5.38 Å². The molecule has 1 fully saturated rings. The van der Waals surface area contributed by atoms with E-state index in [1.807, 2.05) is 0 Å². The van der Waals surface area contributed by atoms with E-state index in [0.29, 0.717) is 10.8 Å². The Bertz CT molecular complexity index is 990. The van der Waals surface area contributed by atoms with Crippen LogP contribution in [0.25, 0.3) is 0 Å². The molecule has 19 heteroatoms. The first-order valence-corrected chi connectivity index (χ1v) is 11.9. The first kappa shape index (κ1) is 28.6. The summed E-state index contributed by atoms with van der Waals surface area (Å²) in [4.78, 5) is 54.8. The fourth-order valence-corrected chi connectivity index (χ4v) is 4.14. The van der Waals surface area contributed by atoms with Gasteiger partial charge in [0.05, 0.1) is 11.4 Å². The average molecular weight is 537 g/mol. The molecule has 2 heterocycles. The zero-order valence-corrected chi connectivity index (χ0v) is 21.4. The van der Waals surface area contributed by atoms with Gasteiger partial charge in [0.1, 0.15) is 23.5 Å². The number of hydrogen-bond acceptors (Lipinski definition) is 12. The minimum absolute atomic E-state index is 0. The van der Waals surface area contributed by atoms with E-state index < -0.39 is 51.1 Å². The van der Waals surface area contributed by atoms with Crippen LogP contribution in [0.1, 0.15) is 5.69 Å². The number of carbonyl (C=O) groups excluding carboxylic acids is 4. The van der Waals surface area contributed by atoms with Gasteiger partial charge in [-0.1, -0.05) is 5.16 Å². The third-order valence-electron chi connectivity index (χ3n) is 3.18. The number of nitrogens with zero attached hydrogens (tertiary/aromatic N) is 2. The van der Waals surface area contributed by atoms with Crippen LogP contribution in [0.4, 0.5) is 5.13 Å². The molecule has 1 aromatic rings. The number of aromatic nitrogens is 1. The van der Waals surface area contributed by atoms with Crippen molar-refractivity contribution in [3.05, 3.63) is 11.1 Å². The molecule has 0 unspecified atom stereocenters. The van der Waals surface area contributed by atoms with Crippen LogP contribution >= 0.6 is 34.7 Å². The molecule has 1 aromatic heterocycles. The molecule has 170 valence electrons. The Hall–Kier alpha value is -1.47. The third-order valence-corrected chi connectivity index (χ3v) is 5.88. The topological polar surface area (TPSA) is 208 Å². The van der Waals surface area contributed by atoms with Gasteiger partial charge in [-0.25, -0.2) is 13.4 Å². The molecule has 2 rings (SSSR count). The van der Waals surface area contributed by atoms with Gasteiger partial charge < -0.3 is 25.3 Å². The zero-order valence-electron chi connectivity index (χ0n) is 16.2. The van der Waals surface area contributed by atoms with Gasteiger partial charge in [-0.05, 0) is 0 Å². The molecule has 0 radical (unpaired) electrons. The van der Waals surface area contributed by atoms with E-state index in [9.17, 15) is 32.1 Å². The fourth-order valence-electron chi connectivity index (χ4n) is 1.93. The third kappa shape index (κ3) is 9.99. The Kier molecular flexibility index (Phi) is 11.9.